The Morgan fingerprint density at radius 2 is 1.60 bits per heavy atom. The van der Waals surface area contributed by atoms with Crippen LogP contribution in [-0.2, 0) is 26.5 Å². The van der Waals surface area contributed by atoms with Gasteiger partial charge in [-0.2, -0.15) is 0 Å². The molecule has 0 saturated carbocycles. The number of hydrogen-bond donors (Lipinski definition) is 0. The smallest absolute Gasteiger partial charge is 0.216 e. The van der Waals surface area contributed by atoms with E-state index in [0.717, 1.165) is 45.3 Å². The van der Waals surface area contributed by atoms with Gasteiger partial charge in [0.25, 0.3) is 0 Å². The Balaban J connectivity index is 0.000000196. The van der Waals surface area contributed by atoms with Gasteiger partial charge in [0.05, 0.1) is 13.7 Å². The minimum Gasteiger partial charge on any atom is -0.486 e. The molecule has 0 fully saturated rings. The van der Waals surface area contributed by atoms with Gasteiger partial charge in [0.2, 0.25) is 5.71 Å². The fraction of sp³-hybridized carbons (Fsp3) is 0.270. The molecule has 43 heavy (non-hydrogen) atoms. The number of pyridine rings is 3. The first-order chi connectivity index (χ1) is 20.1. The maximum atomic E-state index is 5.98. The van der Waals surface area contributed by atoms with Crippen molar-refractivity contribution < 1.29 is 24.5 Å². The molecule has 0 unspecified atom stereocenters. The van der Waals surface area contributed by atoms with Crippen LogP contribution in [0, 0.1) is 18.1 Å². The molecule has 6 aromatic rings. The third kappa shape index (κ3) is 7.56. The first kappa shape index (κ1) is 32.5. The molecule has 0 bridgehead atoms. The molecule has 4 aromatic heterocycles. The molecule has 0 spiro atoms. The number of rotatable bonds is 6. The van der Waals surface area contributed by atoms with Crippen LogP contribution in [0.1, 0.15) is 44.7 Å². The number of aromatic nitrogens is 3. The summed E-state index contributed by atoms with van der Waals surface area (Å²) in [6.07, 6.45) is 6.74. The van der Waals surface area contributed by atoms with Crippen molar-refractivity contribution in [1.29, 1.82) is 0 Å². The fourth-order valence-electron chi connectivity index (χ4n) is 5.25. The van der Waals surface area contributed by atoms with E-state index in [1.807, 2.05) is 48.7 Å². The predicted octanol–water partition coefficient (Wildman–Crippen LogP) is 9.26. The molecule has 2 aromatic carbocycles. The normalized spacial score (nSPS) is 11.5. The van der Waals surface area contributed by atoms with Crippen LogP contribution in [0.15, 0.2) is 89.7 Å². The molecule has 1 radical (unpaired) electrons. The number of furan rings is 1. The molecular weight excluding hydrogens is 723 g/mol. The van der Waals surface area contributed by atoms with Gasteiger partial charge in [0.15, 0.2) is 0 Å². The second-order valence-electron chi connectivity index (χ2n) is 12.5. The molecule has 4 heterocycles. The molecule has 6 rings (SSSR count). The van der Waals surface area contributed by atoms with Crippen molar-refractivity contribution >= 4 is 35.3 Å². The van der Waals surface area contributed by atoms with Crippen LogP contribution in [0.3, 0.4) is 0 Å². The van der Waals surface area contributed by atoms with E-state index in [2.05, 4.69) is 105 Å². The zero-order chi connectivity index (χ0) is 29.9. The van der Waals surface area contributed by atoms with Crippen molar-refractivity contribution in [2.75, 3.05) is 0 Å². The van der Waals surface area contributed by atoms with Crippen molar-refractivity contribution in [2.24, 2.45) is 5.92 Å². The van der Waals surface area contributed by atoms with Crippen LogP contribution < -0.4 is 5.19 Å². The van der Waals surface area contributed by atoms with E-state index in [1.54, 1.807) is 6.20 Å². The maximum Gasteiger partial charge on any atom is 0.216 e. The molecule has 0 amide bonds. The van der Waals surface area contributed by atoms with Crippen molar-refractivity contribution in [3.63, 3.8) is 0 Å². The van der Waals surface area contributed by atoms with Crippen LogP contribution in [0.4, 0.5) is 0 Å². The van der Waals surface area contributed by atoms with Crippen LogP contribution in [0.2, 0.25) is 19.6 Å². The zero-order valence-corrected chi connectivity index (χ0v) is 29.4. The van der Waals surface area contributed by atoms with Gasteiger partial charge in [0.1, 0.15) is 0 Å². The van der Waals surface area contributed by atoms with Crippen molar-refractivity contribution in [3.05, 3.63) is 109 Å². The molecule has 0 saturated heterocycles. The van der Waals surface area contributed by atoms with Gasteiger partial charge in [-0.25, -0.2) is 4.98 Å². The van der Waals surface area contributed by atoms with E-state index in [-0.39, 0.29) is 20.1 Å². The first-order valence-corrected chi connectivity index (χ1v) is 18.2. The summed E-state index contributed by atoms with van der Waals surface area (Å²) < 4.78 is 5.98. The van der Waals surface area contributed by atoms with Gasteiger partial charge in [0, 0.05) is 44.1 Å². The summed E-state index contributed by atoms with van der Waals surface area (Å²) in [5.74, 6) is 1.15. The summed E-state index contributed by atoms with van der Waals surface area (Å²) in [7, 11) is -1.34. The molecule has 0 atom stereocenters. The van der Waals surface area contributed by atoms with Gasteiger partial charge in [-0.15, -0.1) is 54.1 Å². The van der Waals surface area contributed by atoms with E-state index in [0.29, 0.717) is 17.5 Å². The van der Waals surface area contributed by atoms with Gasteiger partial charge in [-0.3, -0.25) is 0 Å². The zero-order valence-electron chi connectivity index (χ0n) is 26.0. The molecule has 0 aliphatic rings. The predicted molar refractivity (Wildman–Crippen MR) is 178 cm³/mol. The van der Waals surface area contributed by atoms with E-state index < -0.39 is 8.07 Å². The molecular formula is C37H39IrN3OSi-2. The Labute approximate surface area is 270 Å². The van der Waals surface area contributed by atoms with E-state index in [1.165, 1.54) is 16.3 Å². The fourth-order valence-corrected chi connectivity index (χ4v) is 6.93. The van der Waals surface area contributed by atoms with Crippen LogP contribution >= 0.6 is 0 Å². The Morgan fingerprint density at radius 1 is 0.791 bits per heavy atom. The summed E-state index contributed by atoms with van der Waals surface area (Å²) in [6, 6.07) is 28.9. The van der Waals surface area contributed by atoms with Crippen molar-refractivity contribution in [2.45, 2.75) is 59.7 Å². The molecule has 0 aliphatic carbocycles. The monoisotopic (exact) mass is 762 g/mol. The largest absolute Gasteiger partial charge is 0.486 e. The van der Waals surface area contributed by atoms with Crippen LogP contribution in [0.5, 0.6) is 0 Å². The summed E-state index contributed by atoms with van der Waals surface area (Å²) in [5.41, 5.74) is 8.08. The van der Waals surface area contributed by atoms with Crippen molar-refractivity contribution in [3.8, 4) is 22.5 Å². The SMILES string of the molecule is CC(C)Cc1ccnc(-c2[c-]ccc3c2oc2ncccc23)c1.CC(C)c1cc(-c2[c-]cccc2)ncc1[Si](C)(C)C.[Ir]. The third-order valence-electron chi connectivity index (χ3n) is 7.28. The second kappa shape index (κ2) is 13.9. The van der Waals surface area contributed by atoms with Crippen molar-refractivity contribution in [1.82, 2.24) is 15.0 Å². The topological polar surface area (TPSA) is 51.8 Å². The van der Waals surface area contributed by atoms with Crippen LogP contribution in [0.25, 0.3) is 44.6 Å². The summed E-state index contributed by atoms with van der Waals surface area (Å²) in [6.45, 7) is 16.1. The second-order valence-corrected chi connectivity index (χ2v) is 17.6. The molecule has 223 valence electrons. The molecule has 4 nitrogen and oxygen atoms in total. The summed E-state index contributed by atoms with van der Waals surface area (Å²) in [4.78, 5) is 13.5. The Morgan fingerprint density at radius 3 is 2.30 bits per heavy atom. The molecule has 0 N–H and O–H groups in total. The van der Waals surface area contributed by atoms with E-state index in [4.69, 9.17) is 4.42 Å². The van der Waals surface area contributed by atoms with Crippen LogP contribution in [-0.4, -0.2) is 23.0 Å². The average Bonchev–Trinajstić information content (AvgIpc) is 3.36. The van der Waals surface area contributed by atoms with Gasteiger partial charge in [-0.05, 0) is 53.0 Å². The third-order valence-corrected chi connectivity index (χ3v) is 9.32. The maximum absolute atomic E-state index is 5.98. The van der Waals surface area contributed by atoms with Gasteiger partial charge >= 0.3 is 0 Å². The molecule has 6 heteroatoms. The van der Waals surface area contributed by atoms with E-state index in [9.17, 15) is 0 Å². The minimum absolute atomic E-state index is 0. The number of benzene rings is 2. The Hall–Kier alpha value is -3.44. The quantitative estimate of drug-likeness (QED) is 0.126. The summed E-state index contributed by atoms with van der Waals surface area (Å²) >= 11 is 0. The Kier molecular flexibility index (Phi) is 10.5. The first-order valence-electron chi connectivity index (χ1n) is 14.7. The Bertz CT molecular complexity index is 1810. The number of fused-ring (bicyclic) bond motifs is 3. The summed E-state index contributed by atoms with van der Waals surface area (Å²) in [5, 5.41) is 3.55. The molecule has 0 aliphatic heterocycles. The van der Waals surface area contributed by atoms with Gasteiger partial charge < -0.3 is 14.4 Å². The number of hydrogen-bond acceptors (Lipinski definition) is 4. The van der Waals surface area contributed by atoms with E-state index >= 15 is 0 Å². The minimum atomic E-state index is -1.34. The number of nitrogens with zero attached hydrogens (tertiary/aromatic N) is 3. The standard InChI is InChI=1S/C20H17N2O.C17H22NSi.Ir/c1-13(2)11-14-8-10-21-18(12-14)17-6-3-5-15-16-7-4-9-22-20(16)23-19(15)17;1-13(2)15-11-16(14-9-7-6-8-10-14)18-12-17(15)19(3,4)5;/h3-5,7-10,12-13H,11H2,1-2H3;6-9,11-13H,1-5H3;/q2*-1;. The average molecular weight is 762 g/mol. The van der Waals surface area contributed by atoms with Gasteiger partial charge in [-0.1, -0.05) is 81.5 Å².